The topological polar surface area (TPSA) is 38.5 Å². The number of benzene rings is 1. The van der Waals surface area contributed by atoms with Crippen LogP contribution >= 0.6 is 24.0 Å². The van der Waals surface area contributed by atoms with E-state index in [1.807, 2.05) is 12.1 Å². The van der Waals surface area contributed by atoms with Crippen molar-refractivity contribution in [2.24, 2.45) is 11.1 Å². The second kappa shape index (κ2) is 6.99. The zero-order valence-electron chi connectivity index (χ0n) is 12.4. The van der Waals surface area contributed by atoms with Gasteiger partial charge in [-0.2, -0.15) is 0 Å². The van der Waals surface area contributed by atoms with Gasteiger partial charge >= 0.3 is 0 Å². The standard InChI is InChI=1S/C15H23ClN2O.ClH/c1-15(2)10-18(7-6-14(15)17)9-11-4-5-13(19-3)12(16)8-11;/h4-5,8,14H,6-7,9-10,17H2,1-3H3;1H. The summed E-state index contributed by atoms with van der Waals surface area (Å²) in [5.41, 5.74) is 7.56. The number of hydrogen-bond acceptors (Lipinski definition) is 3. The van der Waals surface area contributed by atoms with Crippen LogP contribution < -0.4 is 10.5 Å². The highest BCUT2D eigenvalue weighted by molar-refractivity contribution is 6.32. The van der Waals surface area contributed by atoms with E-state index in [1.54, 1.807) is 7.11 Å². The number of nitrogens with two attached hydrogens (primary N) is 1. The molecule has 1 heterocycles. The Morgan fingerprint density at radius 3 is 2.70 bits per heavy atom. The molecule has 0 aliphatic carbocycles. The fraction of sp³-hybridized carbons (Fsp3) is 0.600. The van der Waals surface area contributed by atoms with Crippen LogP contribution in [0.15, 0.2) is 18.2 Å². The van der Waals surface area contributed by atoms with E-state index in [0.29, 0.717) is 11.1 Å². The monoisotopic (exact) mass is 318 g/mol. The largest absolute Gasteiger partial charge is 0.495 e. The fourth-order valence-electron chi connectivity index (χ4n) is 2.69. The molecule has 1 aromatic carbocycles. The molecular weight excluding hydrogens is 295 g/mol. The van der Waals surface area contributed by atoms with Crippen molar-refractivity contribution >= 4 is 24.0 Å². The number of piperidine rings is 1. The first-order valence-electron chi connectivity index (χ1n) is 6.73. The van der Waals surface area contributed by atoms with Gasteiger partial charge in [-0.25, -0.2) is 0 Å². The number of likely N-dealkylation sites (tertiary alicyclic amines) is 1. The molecule has 0 amide bonds. The summed E-state index contributed by atoms with van der Waals surface area (Å²) < 4.78 is 5.18. The van der Waals surface area contributed by atoms with Gasteiger partial charge in [-0.15, -0.1) is 12.4 Å². The average Bonchev–Trinajstić information content (AvgIpc) is 2.34. The first-order valence-corrected chi connectivity index (χ1v) is 7.10. The van der Waals surface area contributed by atoms with Gasteiger partial charge in [0.25, 0.3) is 0 Å². The minimum absolute atomic E-state index is 0. The third kappa shape index (κ3) is 4.01. The van der Waals surface area contributed by atoms with Crippen molar-refractivity contribution in [2.75, 3.05) is 20.2 Å². The van der Waals surface area contributed by atoms with Crippen LogP contribution in [0.3, 0.4) is 0 Å². The molecule has 0 spiro atoms. The zero-order chi connectivity index (χ0) is 14.0. The number of halogens is 2. The first-order chi connectivity index (χ1) is 8.92. The highest BCUT2D eigenvalue weighted by atomic mass is 35.5. The van der Waals surface area contributed by atoms with Crippen molar-refractivity contribution < 1.29 is 4.74 Å². The molecular formula is C15H24Cl2N2O. The predicted octanol–water partition coefficient (Wildman–Crippen LogP) is 3.33. The van der Waals surface area contributed by atoms with Crippen LogP contribution in [-0.2, 0) is 6.54 Å². The Morgan fingerprint density at radius 2 is 2.15 bits per heavy atom. The Morgan fingerprint density at radius 1 is 1.45 bits per heavy atom. The van der Waals surface area contributed by atoms with Crippen LogP contribution in [0.4, 0.5) is 0 Å². The van der Waals surface area contributed by atoms with E-state index in [-0.39, 0.29) is 17.8 Å². The predicted molar refractivity (Wildman–Crippen MR) is 86.9 cm³/mol. The van der Waals surface area contributed by atoms with Crippen LogP contribution in [-0.4, -0.2) is 31.1 Å². The molecule has 114 valence electrons. The van der Waals surface area contributed by atoms with Gasteiger partial charge in [-0.3, -0.25) is 4.90 Å². The van der Waals surface area contributed by atoms with Crippen LogP contribution in [0.5, 0.6) is 5.75 Å². The van der Waals surface area contributed by atoms with Crippen LogP contribution in [0.2, 0.25) is 5.02 Å². The summed E-state index contributed by atoms with van der Waals surface area (Å²) in [5, 5.41) is 0.674. The first kappa shape index (κ1) is 17.6. The second-order valence-electron chi connectivity index (χ2n) is 6.06. The molecule has 1 unspecified atom stereocenters. The van der Waals surface area contributed by atoms with E-state index in [4.69, 9.17) is 22.1 Å². The maximum Gasteiger partial charge on any atom is 0.137 e. The quantitative estimate of drug-likeness (QED) is 0.929. The molecule has 1 aliphatic rings. The lowest BCUT2D eigenvalue weighted by molar-refractivity contribution is 0.0899. The van der Waals surface area contributed by atoms with Crippen LogP contribution in [0.1, 0.15) is 25.8 Å². The molecule has 5 heteroatoms. The molecule has 1 aromatic rings. The Hall–Kier alpha value is -0.480. The van der Waals surface area contributed by atoms with Gasteiger partial charge in [0.15, 0.2) is 0 Å². The van der Waals surface area contributed by atoms with Gasteiger partial charge < -0.3 is 10.5 Å². The lowest BCUT2D eigenvalue weighted by atomic mass is 9.79. The van der Waals surface area contributed by atoms with Crippen molar-refractivity contribution in [3.63, 3.8) is 0 Å². The van der Waals surface area contributed by atoms with Gasteiger partial charge in [0.2, 0.25) is 0 Å². The van der Waals surface area contributed by atoms with E-state index in [9.17, 15) is 0 Å². The van der Waals surface area contributed by atoms with E-state index in [1.165, 1.54) is 5.56 Å². The summed E-state index contributed by atoms with van der Waals surface area (Å²) in [6.45, 7) is 7.47. The van der Waals surface area contributed by atoms with E-state index < -0.39 is 0 Å². The molecule has 2 N–H and O–H groups in total. The molecule has 1 aliphatic heterocycles. The van der Waals surface area contributed by atoms with Crippen molar-refractivity contribution in [1.82, 2.24) is 4.90 Å². The molecule has 0 bridgehead atoms. The number of hydrogen-bond donors (Lipinski definition) is 1. The lowest BCUT2D eigenvalue weighted by Gasteiger charge is -2.42. The maximum absolute atomic E-state index is 6.17. The highest BCUT2D eigenvalue weighted by Gasteiger charge is 2.33. The van der Waals surface area contributed by atoms with Crippen molar-refractivity contribution in [3.8, 4) is 5.75 Å². The summed E-state index contributed by atoms with van der Waals surface area (Å²) in [6, 6.07) is 6.29. The molecule has 20 heavy (non-hydrogen) atoms. The summed E-state index contributed by atoms with van der Waals surface area (Å²) >= 11 is 6.16. The SMILES string of the molecule is COc1ccc(CN2CCC(N)C(C)(C)C2)cc1Cl.Cl. The number of rotatable bonds is 3. The Balaban J connectivity index is 0.00000200. The Kier molecular flexibility index (Phi) is 6.14. The van der Waals surface area contributed by atoms with E-state index in [2.05, 4.69) is 24.8 Å². The third-order valence-electron chi connectivity index (χ3n) is 4.01. The number of methoxy groups -OCH3 is 1. The smallest absolute Gasteiger partial charge is 0.137 e. The van der Waals surface area contributed by atoms with Gasteiger partial charge in [0.05, 0.1) is 12.1 Å². The van der Waals surface area contributed by atoms with Crippen LogP contribution in [0.25, 0.3) is 0 Å². The Bertz CT molecular complexity index is 451. The maximum atomic E-state index is 6.17. The molecule has 1 saturated heterocycles. The number of nitrogens with zero attached hydrogens (tertiary/aromatic N) is 1. The van der Waals surface area contributed by atoms with Crippen LogP contribution in [0, 0.1) is 5.41 Å². The Labute approximate surface area is 132 Å². The molecule has 0 radical (unpaired) electrons. The molecule has 2 rings (SSSR count). The third-order valence-corrected chi connectivity index (χ3v) is 4.31. The molecule has 3 nitrogen and oxygen atoms in total. The second-order valence-corrected chi connectivity index (χ2v) is 6.47. The van der Waals surface area contributed by atoms with Gasteiger partial charge in [-0.1, -0.05) is 31.5 Å². The van der Waals surface area contributed by atoms with Gasteiger partial charge in [-0.05, 0) is 29.5 Å². The highest BCUT2D eigenvalue weighted by Crippen LogP contribution is 2.30. The molecule has 1 atom stereocenters. The molecule has 0 aromatic heterocycles. The van der Waals surface area contributed by atoms with Gasteiger partial charge in [0.1, 0.15) is 5.75 Å². The summed E-state index contributed by atoms with van der Waals surface area (Å²) in [4.78, 5) is 2.45. The van der Waals surface area contributed by atoms with Crippen molar-refractivity contribution in [2.45, 2.75) is 32.9 Å². The van der Waals surface area contributed by atoms with E-state index in [0.717, 1.165) is 31.8 Å². The normalized spacial score (nSPS) is 22.1. The minimum Gasteiger partial charge on any atom is -0.495 e. The van der Waals surface area contributed by atoms with Crippen molar-refractivity contribution in [1.29, 1.82) is 0 Å². The van der Waals surface area contributed by atoms with E-state index >= 15 is 0 Å². The zero-order valence-corrected chi connectivity index (χ0v) is 13.9. The molecule has 1 fully saturated rings. The summed E-state index contributed by atoms with van der Waals surface area (Å²) in [5.74, 6) is 0.728. The number of ether oxygens (including phenoxy) is 1. The fourth-order valence-corrected chi connectivity index (χ4v) is 2.97. The van der Waals surface area contributed by atoms with Crippen molar-refractivity contribution in [3.05, 3.63) is 28.8 Å². The summed E-state index contributed by atoms with van der Waals surface area (Å²) in [7, 11) is 1.63. The lowest BCUT2D eigenvalue weighted by Crippen LogP contribution is -2.52. The summed E-state index contributed by atoms with van der Waals surface area (Å²) in [6.07, 6.45) is 1.05. The average molecular weight is 319 g/mol. The molecule has 0 saturated carbocycles. The minimum atomic E-state index is 0. The van der Waals surface area contributed by atoms with Gasteiger partial charge in [0, 0.05) is 25.7 Å².